The van der Waals surface area contributed by atoms with Crippen LogP contribution in [0.4, 0.5) is 8.78 Å². The summed E-state index contributed by atoms with van der Waals surface area (Å²) in [5.74, 6) is -1.47. The van der Waals surface area contributed by atoms with Gasteiger partial charge in [0.15, 0.2) is 17.3 Å². The molecule has 1 aliphatic carbocycles. The Hall–Kier alpha value is -2.09. The van der Waals surface area contributed by atoms with E-state index in [9.17, 15) is 8.78 Å². The molecule has 3 heterocycles. The predicted octanol–water partition coefficient (Wildman–Crippen LogP) is 3.72. The highest BCUT2D eigenvalue weighted by atomic mass is 79.9. The van der Waals surface area contributed by atoms with Gasteiger partial charge in [0.05, 0.1) is 17.3 Å². The first-order valence-electron chi connectivity index (χ1n) is 8.32. The lowest BCUT2D eigenvalue weighted by Gasteiger charge is -2.09. The smallest absolute Gasteiger partial charge is 0.158 e. The van der Waals surface area contributed by atoms with Gasteiger partial charge in [-0.1, -0.05) is 0 Å². The number of hydrogen-bond acceptors (Lipinski definition) is 4. The van der Waals surface area contributed by atoms with Crippen molar-refractivity contribution in [1.29, 1.82) is 0 Å². The van der Waals surface area contributed by atoms with E-state index in [2.05, 4.69) is 31.0 Å². The van der Waals surface area contributed by atoms with E-state index in [0.29, 0.717) is 5.69 Å². The predicted molar refractivity (Wildman–Crippen MR) is 82.4 cm³/mol. The number of halogens is 3. The molecule has 0 aromatic carbocycles. The summed E-state index contributed by atoms with van der Waals surface area (Å²) in [5, 5.41) is 4.41. The van der Waals surface area contributed by atoms with Gasteiger partial charge in [-0.15, -0.1) is 0 Å². The fourth-order valence-corrected chi connectivity index (χ4v) is 2.71. The standard InChI is InChI=1S/C15H11BrF2N4O/c1-23-11-5-12-19-6-10(22(12)21-13(11)7-2-3-7)14-8(17)4-9(18)15(16)20-14/h4-7H,2-3H2,1H3/i1D3. The fraction of sp³-hybridized carbons (Fsp3) is 0.267. The lowest BCUT2D eigenvalue weighted by Crippen LogP contribution is -2.04. The molecule has 0 atom stereocenters. The Labute approximate surface area is 142 Å². The number of ether oxygens (including phenoxy) is 1. The van der Waals surface area contributed by atoms with E-state index < -0.39 is 18.7 Å². The molecule has 0 spiro atoms. The summed E-state index contributed by atoms with van der Waals surface area (Å²) in [5.41, 5.74) is 0.838. The van der Waals surface area contributed by atoms with Crippen LogP contribution >= 0.6 is 15.9 Å². The molecule has 0 N–H and O–H groups in total. The first-order valence-corrected chi connectivity index (χ1v) is 7.62. The summed E-state index contributed by atoms with van der Waals surface area (Å²) < 4.78 is 55.8. The number of nitrogens with zero attached hydrogens (tertiary/aromatic N) is 4. The molecule has 0 radical (unpaired) electrons. The van der Waals surface area contributed by atoms with Gasteiger partial charge in [0, 0.05) is 18.1 Å². The van der Waals surface area contributed by atoms with Crippen molar-refractivity contribution in [2.24, 2.45) is 0 Å². The van der Waals surface area contributed by atoms with Gasteiger partial charge in [0.25, 0.3) is 0 Å². The van der Waals surface area contributed by atoms with Crippen LogP contribution in [0.3, 0.4) is 0 Å². The molecule has 1 fully saturated rings. The summed E-state index contributed by atoms with van der Waals surface area (Å²) in [4.78, 5) is 8.00. The zero-order valence-corrected chi connectivity index (χ0v) is 13.1. The minimum atomic E-state index is -2.62. The Morgan fingerprint density at radius 2 is 2.17 bits per heavy atom. The molecule has 4 rings (SSSR count). The highest BCUT2D eigenvalue weighted by Crippen LogP contribution is 2.43. The van der Waals surface area contributed by atoms with Crippen LogP contribution in [0.25, 0.3) is 17.0 Å². The van der Waals surface area contributed by atoms with E-state index in [0.717, 1.165) is 18.9 Å². The Kier molecular flexibility index (Phi) is 2.60. The second kappa shape index (κ2) is 5.23. The Bertz CT molecular complexity index is 1020. The number of fused-ring (bicyclic) bond motifs is 1. The van der Waals surface area contributed by atoms with Gasteiger partial charge in [0.1, 0.15) is 27.4 Å². The maximum Gasteiger partial charge on any atom is 0.158 e. The van der Waals surface area contributed by atoms with Gasteiger partial charge < -0.3 is 4.74 Å². The Morgan fingerprint density at radius 3 is 2.91 bits per heavy atom. The quantitative estimate of drug-likeness (QED) is 0.646. The number of pyridine rings is 1. The molecule has 0 saturated heterocycles. The van der Waals surface area contributed by atoms with Gasteiger partial charge in [-0.25, -0.2) is 23.3 Å². The third kappa shape index (κ3) is 2.37. The third-order valence-corrected chi connectivity index (χ3v) is 4.24. The average Bonchev–Trinajstić information content (AvgIpc) is 3.30. The minimum absolute atomic E-state index is 0.0739. The number of hydrogen-bond donors (Lipinski definition) is 0. The lowest BCUT2D eigenvalue weighted by molar-refractivity contribution is 0.405. The van der Waals surface area contributed by atoms with Gasteiger partial charge in [-0.05, 0) is 28.8 Å². The van der Waals surface area contributed by atoms with E-state index in [4.69, 9.17) is 8.85 Å². The van der Waals surface area contributed by atoms with Crippen LogP contribution in [-0.4, -0.2) is 26.6 Å². The van der Waals surface area contributed by atoms with Gasteiger partial charge in [0.2, 0.25) is 0 Å². The first kappa shape index (κ1) is 11.4. The maximum atomic E-state index is 14.2. The van der Waals surface area contributed by atoms with Crippen LogP contribution in [0.2, 0.25) is 0 Å². The monoisotopic (exact) mass is 383 g/mol. The van der Waals surface area contributed by atoms with E-state index >= 15 is 0 Å². The molecule has 5 nitrogen and oxygen atoms in total. The van der Waals surface area contributed by atoms with Crippen molar-refractivity contribution in [2.45, 2.75) is 18.8 Å². The van der Waals surface area contributed by atoms with E-state index in [-0.39, 0.29) is 33.3 Å². The van der Waals surface area contributed by atoms with E-state index in [1.54, 1.807) is 0 Å². The van der Waals surface area contributed by atoms with Crippen LogP contribution < -0.4 is 4.74 Å². The zero-order chi connectivity index (χ0) is 18.6. The van der Waals surface area contributed by atoms with Crippen molar-refractivity contribution in [3.63, 3.8) is 0 Å². The maximum absolute atomic E-state index is 14.2. The van der Waals surface area contributed by atoms with E-state index in [1.807, 2.05) is 0 Å². The summed E-state index contributed by atoms with van der Waals surface area (Å²) >= 11 is 2.94. The molecular weight excluding hydrogens is 370 g/mol. The first-order chi connectivity index (χ1) is 12.2. The second-order valence-electron chi connectivity index (χ2n) is 5.28. The Balaban J connectivity index is 1.89. The summed E-state index contributed by atoms with van der Waals surface area (Å²) in [6.07, 6.45) is 3.05. The Morgan fingerprint density at radius 1 is 1.35 bits per heavy atom. The topological polar surface area (TPSA) is 52.3 Å². The number of imidazole rings is 1. The molecule has 0 aliphatic heterocycles. The van der Waals surface area contributed by atoms with Crippen molar-refractivity contribution in [3.05, 3.63) is 40.3 Å². The van der Waals surface area contributed by atoms with Crippen molar-refractivity contribution in [3.8, 4) is 17.1 Å². The largest absolute Gasteiger partial charge is 0.495 e. The van der Waals surface area contributed by atoms with Crippen molar-refractivity contribution in [1.82, 2.24) is 19.6 Å². The SMILES string of the molecule is [2H]C([2H])([2H])Oc1cc2ncc(-c3nc(Br)c(F)cc3F)n2nc1C1CC1. The van der Waals surface area contributed by atoms with Crippen LogP contribution in [0, 0.1) is 11.6 Å². The molecule has 23 heavy (non-hydrogen) atoms. The summed E-state index contributed by atoms with van der Waals surface area (Å²) in [7, 11) is -2.62. The number of aromatic nitrogens is 4. The molecule has 118 valence electrons. The second-order valence-corrected chi connectivity index (χ2v) is 6.03. The average molecular weight is 384 g/mol. The summed E-state index contributed by atoms with van der Waals surface area (Å²) in [6.45, 7) is 0. The molecule has 3 aromatic heterocycles. The molecule has 0 amide bonds. The highest BCUT2D eigenvalue weighted by molar-refractivity contribution is 9.10. The normalized spacial score (nSPS) is 16.9. The lowest BCUT2D eigenvalue weighted by atomic mass is 10.2. The van der Waals surface area contributed by atoms with E-state index in [1.165, 1.54) is 16.8 Å². The van der Waals surface area contributed by atoms with Crippen LogP contribution in [0.1, 0.15) is 28.6 Å². The van der Waals surface area contributed by atoms with Crippen molar-refractivity contribution >= 4 is 21.6 Å². The molecule has 0 unspecified atom stereocenters. The zero-order valence-electron chi connectivity index (χ0n) is 14.6. The number of rotatable bonds is 3. The molecular formula is C15H11BrF2N4O. The molecule has 8 heteroatoms. The third-order valence-electron chi connectivity index (χ3n) is 3.69. The van der Waals surface area contributed by atoms with Crippen molar-refractivity contribution in [2.75, 3.05) is 7.04 Å². The highest BCUT2D eigenvalue weighted by Gasteiger charge is 2.30. The van der Waals surface area contributed by atoms with Crippen LogP contribution in [0.15, 0.2) is 22.9 Å². The van der Waals surface area contributed by atoms with Gasteiger partial charge in [-0.2, -0.15) is 5.10 Å². The molecule has 3 aromatic rings. The van der Waals surface area contributed by atoms with Crippen LogP contribution in [0.5, 0.6) is 5.75 Å². The van der Waals surface area contributed by atoms with Crippen molar-refractivity contribution < 1.29 is 17.6 Å². The van der Waals surface area contributed by atoms with Gasteiger partial charge in [-0.3, -0.25) is 0 Å². The van der Waals surface area contributed by atoms with Gasteiger partial charge >= 0.3 is 0 Å². The molecule has 1 aliphatic rings. The number of methoxy groups -OCH3 is 1. The minimum Gasteiger partial charge on any atom is -0.495 e. The molecule has 1 saturated carbocycles. The summed E-state index contributed by atoms with van der Waals surface area (Å²) in [6, 6.07) is 2.17. The molecule has 0 bridgehead atoms. The van der Waals surface area contributed by atoms with Crippen LogP contribution in [-0.2, 0) is 0 Å². The fourth-order valence-electron chi connectivity index (χ4n) is 2.42.